The minimum Gasteiger partial charge on any atom is -0.481 e. The number of amides is 5. The fraction of sp³-hybridized carbons (Fsp3) is 0.535. The second-order valence-corrected chi connectivity index (χ2v) is 18.2. The van der Waals surface area contributed by atoms with Gasteiger partial charge in [-0.3, -0.25) is 38.4 Å². The molecule has 1 saturated heterocycles. The Hall–Kier alpha value is -5.98. The van der Waals surface area contributed by atoms with Crippen molar-refractivity contribution in [2.45, 2.75) is 111 Å². The number of carboxylic acid groups (broad SMARTS) is 2. The van der Waals surface area contributed by atoms with E-state index in [0.717, 1.165) is 16.7 Å². The normalized spacial score (nSPS) is 17.1. The molecule has 18 nitrogen and oxygen atoms in total. The van der Waals surface area contributed by atoms with Crippen LogP contribution in [0.4, 0.5) is 0 Å². The van der Waals surface area contributed by atoms with E-state index in [1.807, 2.05) is 32.9 Å². The Labute approximate surface area is 364 Å². The first-order valence-corrected chi connectivity index (χ1v) is 21.4. The van der Waals surface area contributed by atoms with E-state index in [0.29, 0.717) is 23.4 Å². The lowest BCUT2D eigenvalue weighted by atomic mass is 9.81. The number of aliphatic carboxylic acids is 2. The number of Topliss-reactive ketones (excluding diaryl/α,β-unsaturated/α-hetero) is 1. The Bertz CT molecular complexity index is 2100. The Morgan fingerprint density at radius 3 is 2.16 bits per heavy atom. The Morgan fingerprint density at radius 1 is 0.855 bits per heavy atom. The van der Waals surface area contributed by atoms with Crippen molar-refractivity contribution in [3.05, 3.63) is 53.8 Å². The van der Waals surface area contributed by atoms with Gasteiger partial charge in [-0.15, -0.1) is 0 Å². The van der Waals surface area contributed by atoms with E-state index >= 15 is 0 Å². The summed E-state index contributed by atoms with van der Waals surface area (Å²) in [6, 6.07) is 3.92. The van der Waals surface area contributed by atoms with Gasteiger partial charge < -0.3 is 41.1 Å². The monoisotopic (exact) mass is 879 g/mol. The SMILES string of the molecule is CC(C)[C@H](NC(=O)c1ccc2ccccc2n1)C(=O)N[C@@H](CCC(=O)O)C(=O)N[C@H](C(=O)N1CC[C@H](CC(C)(C)C)C1C(=O)N[C@@H](CC(=O)O)C(=O)COc1cncs1)C(C)C. The van der Waals surface area contributed by atoms with E-state index in [-0.39, 0.29) is 24.1 Å². The number of carbonyl (C=O) groups excluding carboxylic acids is 6. The molecule has 3 heterocycles. The Kier molecular flexibility index (Phi) is 17.0. The first kappa shape index (κ1) is 48.7. The van der Waals surface area contributed by atoms with Gasteiger partial charge in [0.15, 0.2) is 10.8 Å². The van der Waals surface area contributed by atoms with Crippen molar-refractivity contribution in [3.63, 3.8) is 0 Å². The van der Waals surface area contributed by atoms with Gasteiger partial charge in [0, 0.05) is 18.4 Å². The molecule has 3 aromatic rings. The maximum absolute atomic E-state index is 14.5. The average molecular weight is 880 g/mol. The van der Waals surface area contributed by atoms with Crippen molar-refractivity contribution in [1.82, 2.24) is 36.1 Å². The van der Waals surface area contributed by atoms with Crippen LogP contribution in [0.2, 0.25) is 0 Å². The fourth-order valence-corrected chi connectivity index (χ4v) is 7.82. The van der Waals surface area contributed by atoms with E-state index in [2.05, 4.69) is 31.2 Å². The summed E-state index contributed by atoms with van der Waals surface area (Å²) in [5, 5.41) is 30.8. The van der Waals surface area contributed by atoms with Crippen LogP contribution in [0.3, 0.4) is 0 Å². The second-order valence-electron chi connectivity index (χ2n) is 17.3. The molecule has 1 aromatic carbocycles. The number of carbonyl (C=O) groups is 8. The summed E-state index contributed by atoms with van der Waals surface area (Å²) >= 11 is 1.13. The molecule has 1 fully saturated rings. The zero-order valence-corrected chi connectivity index (χ0v) is 36.8. The number of aromatic nitrogens is 2. The van der Waals surface area contributed by atoms with Crippen LogP contribution in [0.1, 0.15) is 91.1 Å². The molecule has 5 amide bonds. The quantitative estimate of drug-likeness (QED) is 0.0900. The molecular weight excluding hydrogens is 823 g/mol. The van der Waals surface area contributed by atoms with Crippen LogP contribution in [-0.4, -0.2) is 116 Å². The van der Waals surface area contributed by atoms with Gasteiger partial charge in [-0.2, -0.15) is 0 Å². The number of hydrogen-bond acceptors (Lipinski definition) is 12. The molecule has 336 valence electrons. The van der Waals surface area contributed by atoms with Gasteiger partial charge in [-0.25, -0.2) is 9.97 Å². The second kappa shape index (κ2) is 21.7. The molecule has 6 atom stereocenters. The van der Waals surface area contributed by atoms with Gasteiger partial charge in [-0.1, -0.05) is 84.1 Å². The van der Waals surface area contributed by atoms with Crippen LogP contribution >= 0.6 is 11.3 Å². The van der Waals surface area contributed by atoms with E-state index in [9.17, 15) is 48.6 Å². The molecule has 2 aromatic heterocycles. The number of fused-ring (bicyclic) bond motifs is 1. The van der Waals surface area contributed by atoms with Crippen LogP contribution in [-0.2, 0) is 33.6 Å². The number of pyridine rings is 1. The molecule has 1 unspecified atom stereocenters. The number of rotatable bonds is 21. The molecule has 4 rings (SSSR count). The average Bonchev–Trinajstić information content (AvgIpc) is 3.88. The molecule has 6 N–H and O–H groups in total. The number of hydrogen-bond donors (Lipinski definition) is 6. The number of benzene rings is 1. The summed E-state index contributed by atoms with van der Waals surface area (Å²) in [5.74, 6) is -8.42. The lowest BCUT2D eigenvalue weighted by Crippen LogP contribution is -2.61. The minimum absolute atomic E-state index is 0.0594. The van der Waals surface area contributed by atoms with Gasteiger partial charge in [0.25, 0.3) is 5.91 Å². The summed E-state index contributed by atoms with van der Waals surface area (Å²) in [6.07, 6.45) is 0.643. The van der Waals surface area contributed by atoms with E-state index in [4.69, 9.17) is 4.74 Å². The minimum atomic E-state index is -1.48. The van der Waals surface area contributed by atoms with Crippen LogP contribution in [0, 0.1) is 23.2 Å². The first-order valence-electron chi connectivity index (χ1n) is 20.5. The first-order chi connectivity index (χ1) is 29.1. The van der Waals surface area contributed by atoms with Crippen molar-refractivity contribution < 1.29 is 53.3 Å². The maximum Gasteiger partial charge on any atom is 0.305 e. The fourth-order valence-electron chi connectivity index (χ4n) is 7.34. The number of thiazole rings is 1. The predicted molar refractivity (Wildman–Crippen MR) is 228 cm³/mol. The van der Waals surface area contributed by atoms with E-state index in [1.165, 1.54) is 22.7 Å². The topological polar surface area (TPSA) is 263 Å². The highest BCUT2D eigenvalue weighted by Gasteiger charge is 2.46. The summed E-state index contributed by atoms with van der Waals surface area (Å²) < 4.78 is 5.44. The molecule has 0 spiro atoms. The number of carboxylic acids is 2. The zero-order chi connectivity index (χ0) is 45.9. The summed E-state index contributed by atoms with van der Waals surface area (Å²) in [4.78, 5) is 116. The summed E-state index contributed by atoms with van der Waals surface area (Å²) in [7, 11) is 0. The number of likely N-dealkylation sites (tertiary alicyclic amines) is 1. The van der Waals surface area contributed by atoms with Gasteiger partial charge in [0.1, 0.15) is 42.5 Å². The van der Waals surface area contributed by atoms with Gasteiger partial charge in [-0.05, 0) is 54.6 Å². The summed E-state index contributed by atoms with van der Waals surface area (Å²) in [5.41, 5.74) is 1.82. The molecule has 19 heteroatoms. The molecule has 0 radical (unpaired) electrons. The van der Waals surface area contributed by atoms with Crippen LogP contribution in [0.15, 0.2) is 48.1 Å². The Balaban J connectivity index is 1.55. The van der Waals surface area contributed by atoms with Crippen molar-refractivity contribution >= 4 is 69.5 Å². The van der Waals surface area contributed by atoms with Crippen LogP contribution < -0.4 is 26.0 Å². The number of nitrogens with zero attached hydrogens (tertiary/aromatic N) is 3. The number of ether oxygens (including phenoxy) is 1. The van der Waals surface area contributed by atoms with Crippen molar-refractivity contribution in [1.29, 1.82) is 0 Å². The van der Waals surface area contributed by atoms with Crippen molar-refractivity contribution in [2.24, 2.45) is 23.2 Å². The van der Waals surface area contributed by atoms with Gasteiger partial charge in [0.2, 0.25) is 23.6 Å². The van der Waals surface area contributed by atoms with E-state index < -0.39 is 115 Å². The van der Waals surface area contributed by atoms with Gasteiger partial charge in [0.05, 0.1) is 23.6 Å². The number of para-hydroxylation sites is 1. The standard InChI is InChI=1S/C43H57N7O11S/c1-23(2)35(48-38(56)28-13-12-25-10-8-9-11-27(25)45-28)40(58)46-29(14-15-32(52)53)39(57)49-36(24(3)4)42(60)50-17-16-26(19-43(5,6)7)37(50)41(59)47-30(18-33(54)55)31(51)21-61-34-20-44-22-62-34/h8-13,20,22-24,26,29-30,35-37H,14-19,21H2,1-7H3,(H,46,58)(H,47,59)(H,48,56)(H,49,57)(H,52,53)(H,54,55)/t26-,29+,30+,35+,36+,37?/m1/s1. The highest BCUT2D eigenvalue weighted by Crippen LogP contribution is 2.36. The maximum atomic E-state index is 14.5. The highest BCUT2D eigenvalue weighted by molar-refractivity contribution is 7.11. The molecule has 62 heavy (non-hydrogen) atoms. The van der Waals surface area contributed by atoms with Crippen LogP contribution in [0.25, 0.3) is 10.9 Å². The third kappa shape index (κ3) is 13.8. The number of nitrogens with one attached hydrogen (secondary N) is 4. The van der Waals surface area contributed by atoms with Gasteiger partial charge >= 0.3 is 11.9 Å². The predicted octanol–water partition coefficient (Wildman–Crippen LogP) is 3.20. The third-order valence-electron chi connectivity index (χ3n) is 10.4. The third-order valence-corrected chi connectivity index (χ3v) is 11.1. The van der Waals surface area contributed by atoms with Crippen molar-refractivity contribution in [3.8, 4) is 5.06 Å². The highest BCUT2D eigenvalue weighted by atomic mass is 32.1. The van der Waals surface area contributed by atoms with Crippen LogP contribution in [0.5, 0.6) is 5.06 Å². The Morgan fingerprint density at radius 2 is 1.55 bits per heavy atom. The smallest absolute Gasteiger partial charge is 0.305 e. The molecular formula is C43H57N7O11S. The molecule has 1 aliphatic rings. The largest absolute Gasteiger partial charge is 0.481 e. The molecule has 0 bridgehead atoms. The zero-order valence-electron chi connectivity index (χ0n) is 36.0. The molecule has 0 saturated carbocycles. The lowest BCUT2D eigenvalue weighted by molar-refractivity contribution is -0.145. The number of ketones is 1. The summed E-state index contributed by atoms with van der Waals surface area (Å²) in [6.45, 7) is 12.2. The molecule has 0 aliphatic carbocycles. The molecule has 1 aliphatic heterocycles. The lowest BCUT2D eigenvalue weighted by Gasteiger charge is -2.35. The van der Waals surface area contributed by atoms with Crippen molar-refractivity contribution in [2.75, 3.05) is 13.2 Å². The van der Waals surface area contributed by atoms with E-state index in [1.54, 1.807) is 45.9 Å².